The molecule has 3 rings (SSSR count). The van der Waals surface area contributed by atoms with Crippen molar-refractivity contribution < 1.29 is 19.2 Å². The van der Waals surface area contributed by atoms with Gasteiger partial charge in [0.25, 0.3) is 0 Å². The van der Waals surface area contributed by atoms with Crippen molar-refractivity contribution in [2.24, 2.45) is 5.92 Å². The number of carbonyl (C=O) groups excluding carboxylic acids is 1. The zero-order chi connectivity index (χ0) is 23.8. The fourth-order valence-electron chi connectivity index (χ4n) is 2.85. The monoisotopic (exact) mass is 451 g/mol. The Morgan fingerprint density at radius 2 is 1.73 bits per heavy atom. The quantitative estimate of drug-likeness (QED) is 0.259. The molecule has 0 aliphatic rings. The van der Waals surface area contributed by atoms with E-state index in [1.54, 1.807) is 43.5 Å². The summed E-state index contributed by atoms with van der Waals surface area (Å²) in [5.74, 6) is 0.649. The van der Waals surface area contributed by atoms with Crippen LogP contribution in [0.2, 0.25) is 0 Å². The molecule has 0 radical (unpaired) electrons. The van der Waals surface area contributed by atoms with Crippen molar-refractivity contribution in [3.8, 4) is 5.75 Å². The topological polar surface area (TPSA) is 129 Å². The van der Waals surface area contributed by atoms with E-state index in [1.165, 1.54) is 6.33 Å². The van der Waals surface area contributed by atoms with Gasteiger partial charge in [-0.25, -0.2) is 14.8 Å². The van der Waals surface area contributed by atoms with Crippen molar-refractivity contribution in [3.63, 3.8) is 0 Å². The fourth-order valence-corrected chi connectivity index (χ4v) is 2.85. The Labute approximate surface area is 191 Å². The Kier molecular flexibility index (Phi) is 7.74. The number of nitro groups is 1. The molecule has 172 valence electrons. The molecule has 0 atom stereocenters. The molecule has 1 aromatic heterocycles. The minimum absolute atomic E-state index is 0.0300. The number of nitrogens with zero attached hydrogens (tertiary/aromatic N) is 3. The lowest BCUT2D eigenvalue weighted by atomic mass is 10.2. The molecule has 0 aliphatic heterocycles. The first-order chi connectivity index (χ1) is 15.9. The third-order valence-electron chi connectivity index (χ3n) is 4.55. The Morgan fingerprint density at radius 3 is 2.33 bits per heavy atom. The molecule has 2 aromatic carbocycles. The Hall–Kier alpha value is -4.21. The van der Waals surface area contributed by atoms with Gasteiger partial charge in [-0.2, -0.15) is 0 Å². The van der Waals surface area contributed by atoms with E-state index in [-0.39, 0.29) is 23.2 Å². The molecule has 0 unspecified atom stereocenters. The van der Waals surface area contributed by atoms with Crippen LogP contribution in [0.25, 0.3) is 0 Å². The highest BCUT2D eigenvalue weighted by atomic mass is 16.6. The van der Waals surface area contributed by atoms with Gasteiger partial charge in [-0.1, -0.05) is 26.0 Å². The van der Waals surface area contributed by atoms with Crippen LogP contribution in [0.4, 0.5) is 23.0 Å². The second-order valence-electron chi connectivity index (χ2n) is 7.57. The van der Waals surface area contributed by atoms with Gasteiger partial charge in [-0.3, -0.25) is 10.1 Å². The van der Waals surface area contributed by atoms with Gasteiger partial charge in [-0.05, 0) is 47.9 Å². The molecule has 3 aromatic rings. The molecule has 10 nitrogen and oxygen atoms in total. The Balaban J connectivity index is 1.73. The SMILES string of the molecule is COc1ccc(CNc2ncnc(Nc3ccc(C(=O)OCC(C)C)cc3)c2[N+](=O)[O-])cc1. The maximum atomic E-state index is 12.1. The zero-order valence-electron chi connectivity index (χ0n) is 18.6. The predicted molar refractivity (Wildman–Crippen MR) is 124 cm³/mol. The molecule has 2 N–H and O–H groups in total. The van der Waals surface area contributed by atoms with Gasteiger partial charge in [0.1, 0.15) is 12.1 Å². The van der Waals surface area contributed by atoms with Crippen LogP contribution in [0.1, 0.15) is 29.8 Å². The van der Waals surface area contributed by atoms with Crippen molar-refractivity contribution in [3.05, 3.63) is 76.1 Å². The second-order valence-corrected chi connectivity index (χ2v) is 7.57. The van der Waals surface area contributed by atoms with Crippen molar-refractivity contribution in [1.82, 2.24) is 9.97 Å². The first kappa shape index (κ1) is 23.5. The molecular formula is C23H25N5O5. The molecule has 0 amide bonds. The highest BCUT2D eigenvalue weighted by Gasteiger charge is 2.23. The first-order valence-corrected chi connectivity index (χ1v) is 10.3. The number of hydrogen-bond donors (Lipinski definition) is 2. The van der Waals surface area contributed by atoms with E-state index in [1.807, 2.05) is 26.0 Å². The molecule has 0 saturated carbocycles. The lowest BCUT2D eigenvalue weighted by molar-refractivity contribution is -0.383. The summed E-state index contributed by atoms with van der Waals surface area (Å²) in [6.45, 7) is 4.57. The van der Waals surface area contributed by atoms with Gasteiger partial charge >= 0.3 is 11.7 Å². The van der Waals surface area contributed by atoms with Crippen LogP contribution < -0.4 is 15.4 Å². The lowest BCUT2D eigenvalue weighted by Crippen LogP contribution is -2.10. The molecule has 0 fully saturated rings. The minimum Gasteiger partial charge on any atom is -0.497 e. The summed E-state index contributed by atoms with van der Waals surface area (Å²) < 4.78 is 10.3. The smallest absolute Gasteiger partial charge is 0.353 e. The normalized spacial score (nSPS) is 10.5. The van der Waals surface area contributed by atoms with Crippen LogP contribution in [-0.2, 0) is 11.3 Å². The van der Waals surface area contributed by atoms with Crippen LogP contribution >= 0.6 is 0 Å². The molecule has 0 saturated heterocycles. The van der Waals surface area contributed by atoms with Crippen molar-refractivity contribution >= 4 is 29.0 Å². The van der Waals surface area contributed by atoms with Gasteiger partial charge in [0, 0.05) is 12.2 Å². The predicted octanol–water partition coefficient (Wildman–Crippen LogP) is 4.56. The largest absolute Gasteiger partial charge is 0.497 e. The van der Waals surface area contributed by atoms with Crippen LogP contribution in [0, 0.1) is 16.0 Å². The summed E-state index contributed by atoms with van der Waals surface area (Å²) in [7, 11) is 1.58. The van der Waals surface area contributed by atoms with E-state index in [2.05, 4.69) is 20.6 Å². The van der Waals surface area contributed by atoms with Crippen LogP contribution in [0.15, 0.2) is 54.9 Å². The van der Waals surface area contributed by atoms with E-state index in [9.17, 15) is 14.9 Å². The number of ether oxygens (including phenoxy) is 2. The summed E-state index contributed by atoms with van der Waals surface area (Å²) in [5.41, 5.74) is 1.53. The molecule has 33 heavy (non-hydrogen) atoms. The third-order valence-corrected chi connectivity index (χ3v) is 4.55. The summed E-state index contributed by atoms with van der Waals surface area (Å²) in [6.07, 6.45) is 1.24. The van der Waals surface area contributed by atoms with Crippen LogP contribution in [-0.4, -0.2) is 34.6 Å². The number of carbonyl (C=O) groups is 1. The van der Waals surface area contributed by atoms with Gasteiger partial charge in [-0.15, -0.1) is 0 Å². The molecular weight excluding hydrogens is 426 g/mol. The van der Waals surface area contributed by atoms with Crippen LogP contribution in [0.5, 0.6) is 5.75 Å². The van der Waals surface area contributed by atoms with Crippen molar-refractivity contribution in [1.29, 1.82) is 0 Å². The number of methoxy groups -OCH3 is 1. The maximum absolute atomic E-state index is 12.1. The average molecular weight is 451 g/mol. The number of hydrogen-bond acceptors (Lipinski definition) is 9. The number of aromatic nitrogens is 2. The van der Waals surface area contributed by atoms with E-state index < -0.39 is 10.9 Å². The Bertz CT molecular complexity index is 1100. The van der Waals surface area contributed by atoms with Gasteiger partial charge in [0.05, 0.1) is 24.2 Å². The molecule has 1 heterocycles. The summed E-state index contributed by atoms with van der Waals surface area (Å²) in [4.78, 5) is 31.3. The molecule has 10 heteroatoms. The standard InChI is InChI=1S/C23H25N5O5/c1-15(2)13-33-23(29)17-6-8-18(9-7-17)27-22-20(28(30)31)21(25-14-26-22)24-12-16-4-10-19(32-3)11-5-16/h4-11,14-15H,12-13H2,1-3H3,(H2,24,25,26,27). The van der Waals surface area contributed by atoms with E-state index >= 15 is 0 Å². The number of anilines is 3. The van der Waals surface area contributed by atoms with E-state index in [0.717, 1.165) is 11.3 Å². The van der Waals surface area contributed by atoms with Gasteiger partial charge < -0.3 is 20.1 Å². The molecule has 0 aliphatic carbocycles. The fraction of sp³-hybridized carbons (Fsp3) is 0.261. The number of benzene rings is 2. The first-order valence-electron chi connectivity index (χ1n) is 10.3. The number of rotatable bonds is 10. The van der Waals surface area contributed by atoms with Crippen molar-refractivity contribution in [2.45, 2.75) is 20.4 Å². The zero-order valence-corrected chi connectivity index (χ0v) is 18.6. The average Bonchev–Trinajstić information content (AvgIpc) is 2.81. The van der Waals surface area contributed by atoms with Gasteiger partial charge in [0.15, 0.2) is 0 Å². The summed E-state index contributed by atoms with van der Waals surface area (Å²) in [5, 5.41) is 17.7. The molecule has 0 bridgehead atoms. The minimum atomic E-state index is -0.545. The van der Waals surface area contributed by atoms with Gasteiger partial charge in [0.2, 0.25) is 11.6 Å². The summed E-state index contributed by atoms with van der Waals surface area (Å²) >= 11 is 0. The summed E-state index contributed by atoms with van der Waals surface area (Å²) in [6, 6.07) is 13.7. The lowest BCUT2D eigenvalue weighted by Gasteiger charge is -2.11. The van der Waals surface area contributed by atoms with E-state index in [4.69, 9.17) is 9.47 Å². The second kappa shape index (κ2) is 10.9. The Morgan fingerprint density at radius 1 is 1.06 bits per heavy atom. The number of esters is 1. The maximum Gasteiger partial charge on any atom is 0.353 e. The molecule has 0 spiro atoms. The highest BCUT2D eigenvalue weighted by molar-refractivity contribution is 5.90. The van der Waals surface area contributed by atoms with E-state index in [0.29, 0.717) is 24.4 Å². The number of nitrogens with one attached hydrogen (secondary N) is 2. The highest BCUT2D eigenvalue weighted by Crippen LogP contribution is 2.31. The third kappa shape index (κ3) is 6.39. The van der Waals surface area contributed by atoms with Crippen LogP contribution in [0.3, 0.4) is 0 Å². The van der Waals surface area contributed by atoms with Crippen molar-refractivity contribution in [2.75, 3.05) is 24.4 Å².